The van der Waals surface area contributed by atoms with E-state index in [-0.39, 0.29) is 20.4 Å². The van der Waals surface area contributed by atoms with Crippen molar-refractivity contribution in [2.75, 3.05) is 25.2 Å². The number of nitrogens with zero attached hydrogens (tertiary/aromatic N) is 2. The van der Waals surface area contributed by atoms with Crippen LogP contribution in [0.2, 0.25) is 0 Å². The average Bonchev–Trinajstić information content (AvgIpc) is 3.47. The topological polar surface area (TPSA) is 82.4 Å². The van der Waals surface area contributed by atoms with Crippen LogP contribution in [0.25, 0.3) is 17.2 Å². The quantitative estimate of drug-likeness (QED) is 0.0955. The van der Waals surface area contributed by atoms with Gasteiger partial charge in [-0.05, 0) is 78.6 Å². The number of alkyl halides is 1. The van der Waals surface area contributed by atoms with Crippen molar-refractivity contribution < 1.29 is 24.3 Å². The second-order valence-corrected chi connectivity index (χ2v) is 11.7. The summed E-state index contributed by atoms with van der Waals surface area (Å²) in [5.41, 5.74) is 4.16. The Morgan fingerprint density at radius 3 is 2.45 bits per heavy atom. The third-order valence-corrected chi connectivity index (χ3v) is 8.20. The fourth-order valence-electron chi connectivity index (χ4n) is 4.47. The molecule has 0 saturated carbocycles. The monoisotopic (exact) mass is 619 g/mol. The molecule has 9 heteroatoms. The van der Waals surface area contributed by atoms with Crippen LogP contribution in [-0.2, 0) is 27.9 Å². The van der Waals surface area contributed by atoms with Gasteiger partial charge < -0.3 is 19.4 Å². The molecule has 234 valence electrons. The van der Waals surface area contributed by atoms with Crippen molar-refractivity contribution in [3.63, 3.8) is 0 Å². The molecule has 4 aromatic rings. The third-order valence-electron chi connectivity index (χ3n) is 6.84. The number of hydrogen-bond donors (Lipinski definition) is 1. The molecule has 0 aliphatic carbocycles. The van der Waals surface area contributed by atoms with E-state index in [0.29, 0.717) is 34.3 Å². The van der Waals surface area contributed by atoms with Crippen molar-refractivity contribution in [1.29, 1.82) is 0 Å². The van der Waals surface area contributed by atoms with Crippen molar-refractivity contribution in [2.45, 2.75) is 56.7 Å². The maximum Gasteiger partial charge on any atom is 0.248 e. The molecule has 7 nitrogen and oxygen atoms in total. The van der Waals surface area contributed by atoms with E-state index in [1.165, 1.54) is 6.08 Å². The van der Waals surface area contributed by atoms with Gasteiger partial charge in [-0.2, -0.15) is 0 Å². The van der Waals surface area contributed by atoms with E-state index >= 15 is 0 Å². The number of aromatic nitrogens is 2. The summed E-state index contributed by atoms with van der Waals surface area (Å²) in [5, 5.41) is 2.85. The maximum atomic E-state index is 12.9. The third kappa shape index (κ3) is 9.64. The van der Waals surface area contributed by atoms with Gasteiger partial charge in [0.25, 0.3) is 0 Å². The standard InChI is InChI=1S/C35H40FN3O4S.H2/c1-3-5-21-42-32-13-7-27(8-14-32)28-9-17-34(43-22-6-19-36)29(23-28)10-18-35(40)38-30-11-15-33(16-12-30)44(41)25-31-24-37-26-39(31)20-4-2;/h7-18,23-24,26H,3-6,19-22,25H2,1-2H3,(H,38,40);1H/b18-10+;. The second kappa shape index (κ2) is 17.2. The van der Waals surface area contributed by atoms with E-state index in [1.54, 1.807) is 42.9 Å². The number of benzene rings is 3. The van der Waals surface area contributed by atoms with Crippen LogP contribution in [0.15, 0.2) is 90.2 Å². The van der Waals surface area contributed by atoms with Crippen LogP contribution >= 0.6 is 0 Å². The number of carbonyl (C=O) groups excluding carboxylic acids is 1. The summed E-state index contributed by atoms with van der Waals surface area (Å²) < 4.78 is 39.2. The smallest absolute Gasteiger partial charge is 0.248 e. The first-order valence-electron chi connectivity index (χ1n) is 15.0. The summed E-state index contributed by atoms with van der Waals surface area (Å²) in [5.74, 6) is 1.44. The average molecular weight is 620 g/mol. The molecule has 1 heterocycles. The Kier molecular flexibility index (Phi) is 12.7. The zero-order valence-electron chi connectivity index (χ0n) is 25.3. The molecule has 1 aromatic heterocycles. The summed E-state index contributed by atoms with van der Waals surface area (Å²) in [6.45, 7) is 5.51. The number of anilines is 1. The van der Waals surface area contributed by atoms with E-state index in [2.05, 4.69) is 24.1 Å². The highest BCUT2D eigenvalue weighted by Crippen LogP contribution is 2.29. The predicted molar refractivity (Wildman–Crippen MR) is 177 cm³/mol. The van der Waals surface area contributed by atoms with Gasteiger partial charge in [0.2, 0.25) is 5.91 Å². The van der Waals surface area contributed by atoms with Gasteiger partial charge in [-0.15, -0.1) is 0 Å². The van der Waals surface area contributed by atoms with Gasteiger partial charge in [-0.1, -0.05) is 38.5 Å². The number of unbranched alkanes of at least 4 members (excludes halogenated alkanes) is 1. The zero-order chi connectivity index (χ0) is 31.1. The zero-order valence-corrected chi connectivity index (χ0v) is 26.2. The minimum absolute atomic E-state index is 0. The van der Waals surface area contributed by atoms with E-state index < -0.39 is 17.5 Å². The fourth-order valence-corrected chi connectivity index (χ4v) is 5.59. The van der Waals surface area contributed by atoms with Crippen LogP contribution in [0.1, 0.15) is 52.2 Å². The normalized spacial score (nSPS) is 11.9. The van der Waals surface area contributed by atoms with Crippen LogP contribution < -0.4 is 14.8 Å². The molecule has 3 aromatic carbocycles. The summed E-state index contributed by atoms with van der Waals surface area (Å²) >= 11 is 0. The summed E-state index contributed by atoms with van der Waals surface area (Å²) in [7, 11) is -1.24. The predicted octanol–water partition coefficient (Wildman–Crippen LogP) is 8.08. The van der Waals surface area contributed by atoms with Gasteiger partial charge in [0.1, 0.15) is 11.5 Å². The van der Waals surface area contributed by atoms with Crippen molar-refractivity contribution in [2.24, 2.45) is 0 Å². The Bertz CT molecular complexity index is 1540. The highest BCUT2D eigenvalue weighted by Gasteiger charge is 2.11. The lowest BCUT2D eigenvalue weighted by Crippen LogP contribution is -2.08. The van der Waals surface area contributed by atoms with Crippen LogP contribution in [0.3, 0.4) is 0 Å². The van der Waals surface area contributed by atoms with Crippen molar-refractivity contribution in [1.82, 2.24) is 9.55 Å². The number of aryl methyl sites for hydroxylation is 1. The Balaban J connectivity index is 0.00000552. The van der Waals surface area contributed by atoms with Crippen LogP contribution in [0.4, 0.5) is 10.1 Å². The molecule has 1 N–H and O–H groups in total. The van der Waals surface area contributed by atoms with Crippen molar-refractivity contribution >= 4 is 28.5 Å². The van der Waals surface area contributed by atoms with Crippen molar-refractivity contribution in [3.8, 4) is 22.6 Å². The van der Waals surface area contributed by atoms with Crippen molar-refractivity contribution in [3.05, 3.63) is 96.6 Å². The first-order chi connectivity index (χ1) is 21.5. The first-order valence-corrected chi connectivity index (χ1v) is 16.3. The lowest BCUT2D eigenvalue weighted by molar-refractivity contribution is -0.111. The number of ether oxygens (including phenoxy) is 2. The number of hydrogen-bond acceptors (Lipinski definition) is 5. The van der Waals surface area contributed by atoms with Crippen LogP contribution in [-0.4, -0.2) is 39.6 Å². The minimum Gasteiger partial charge on any atom is -0.494 e. The fraction of sp³-hybridized carbons (Fsp3) is 0.314. The largest absolute Gasteiger partial charge is 0.494 e. The second-order valence-electron chi connectivity index (χ2n) is 10.3. The molecule has 0 aliphatic heterocycles. The number of carbonyl (C=O) groups is 1. The van der Waals surface area contributed by atoms with Crippen LogP contribution in [0.5, 0.6) is 11.5 Å². The molecule has 1 unspecified atom stereocenters. The van der Waals surface area contributed by atoms with E-state index in [4.69, 9.17) is 9.47 Å². The van der Waals surface area contributed by atoms with Gasteiger partial charge in [-0.25, -0.2) is 4.98 Å². The van der Waals surface area contributed by atoms with Gasteiger partial charge in [0.05, 0.1) is 48.5 Å². The van der Waals surface area contributed by atoms with E-state index in [1.807, 2.05) is 47.0 Å². The molecular formula is C35H42FN3O4S. The van der Waals surface area contributed by atoms with E-state index in [0.717, 1.165) is 48.4 Å². The summed E-state index contributed by atoms with van der Waals surface area (Å²) in [6, 6.07) is 20.6. The molecule has 0 radical (unpaired) electrons. The number of amides is 1. The molecule has 4 rings (SSSR count). The van der Waals surface area contributed by atoms with Crippen LogP contribution in [0, 0.1) is 0 Å². The molecule has 0 spiro atoms. The summed E-state index contributed by atoms with van der Waals surface area (Å²) in [4.78, 5) is 17.7. The minimum atomic E-state index is -1.24. The molecule has 0 aliphatic rings. The Hall–Kier alpha value is -4.24. The number of halogens is 1. The Labute approximate surface area is 263 Å². The first kappa shape index (κ1) is 32.7. The highest BCUT2D eigenvalue weighted by atomic mass is 32.2. The molecule has 1 amide bonds. The molecule has 0 fully saturated rings. The van der Waals surface area contributed by atoms with Gasteiger partial charge in [0, 0.05) is 42.8 Å². The van der Waals surface area contributed by atoms with Gasteiger partial charge in [-0.3, -0.25) is 13.4 Å². The Morgan fingerprint density at radius 2 is 1.73 bits per heavy atom. The van der Waals surface area contributed by atoms with Gasteiger partial charge >= 0.3 is 0 Å². The number of rotatable bonds is 17. The Morgan fingerprint density at radius 1 is 0.977 bits per heavy atom. The molecule has 1 atom stereocenters. The molecule has 44 heavy (non-hydrogen) atoms. The molecule has 0 saturated heterocycles. The maximum absolute atomic E-state index is 12.9. The SMILES string of the molecule is CCCCOc1ccc(-c2ccc(OCCCF)c(/C=C/C(=O)Nc3ccc(S(=O)Cc4cncn4CCC)cc3)c2)cc1.[HH]. The number of nitrogens with one attached hydrogen (secondary N) is 1. The molecular weight excluding hydrogens is 577 g/mol. The number of imidazole rings is 1. The highest BCUT2D eigenvalue weighted by molar-refractivity contribution is 7.84. The molecule has 0 bridgehead atoms. The van der Waals surface area contributed by atoms with Gasteiger partial charge in [0.15, 0.2) is 0 Å². The summed E-state index contributed by atoms with van der Waals surface area (Å²) in [6.07, 6.45) is 9.99. The lowest BCUT2D eigenvalue weighted by Gasteiger charge is -2.12. The van der Waals surface area contributed by atoms with E-state index in [9.17, 15) is 13.4 Å². The lowest BCUT2D eigenvalue weighted by atomic mass is 10.0.